The van der Waals surface area contributed by atoms with E-state index in [0.29, 0.717) is 28.3 Å². The van der Waals surface area contributed by atoms with E-state index in [1.165, 1.54) is 0 Å². The van der Waals surface area contributed by atoms with E-state index in [9.17, 15) is 18.0 Å². The first kappa shape index (κ1) is 17.0. The zero-order chi connectivity index (χ0) is 18.0. The molecule has 0 radical (unpaired) electrons. The summed E-state index contributed by atoms with van der Waals surface area (Å²) in [6, 6.07) is 11.3. The van der Waals surface area contributed by atoms with Gasteiger partial charge in [-0.05, 0) is 29.8 Å². The van der Waals surface area contributed by atoms with Gasteiger partial charge in [-0.15, -0.1) is 0 Å². The Bertz CT molecular complexity index is 936. The number of ether oxygens (including phenoxy) is 1. The first-order valence-electron chi connectivity index (χ1n) is 7.45. The van der Waals surface area contributed by atoms with E-state index in [2.05, 4.69) is 10.6 Å². The number of rotatable bonds is 4. The third-order valence-electron chi connectivity index (χ3n) is 3.52. The van der Waals surface area contributed by atoms with Gasteiger partial charge in [0.2, 0.25) is 0 Å². The van der Waals surface area contributed by atoms with Crippen LogP contribution >= 0.6 is 0 Å². The molecule has 2 aromatic rings. The van der Waals surface area contributed by atoms with E-state index in [1.54, 1.807) is 42.5 Å². The van der Waals surface area contributed by atoms with E-state index in [1.807, 2.05) is 0 Å². The van der Waals surface area contributed by atoms with Crippen molar-refractivity contribution in [2.75, 3.05) is 23.5 Å². The molecule has 0 spiro atoms. The minimum atomic E-state index is -3.12. The molecule has 7 nitrogen and oxygen atoms in total. The molecule has 8 heteroatoms. The average Bonchev–Trinajstić information content (AvgIpc) is 2.54. The predicted molar refractivity (Wildman–Crippen MR) is 93.5 cm³/mol. The maximum absolute atomic E-state index is 12.3. The van der Waals surface area contributed by atoms with Crippen molar-refractivity contribution < 1.29 is 22.7 Å². The number of hydrogen-bond acceptors (Lipinski definition) is 5. The molecule has 0 bridgehead atoms. The number of carbonyl (C=O) groups is 2. The lowest BCUT2D eigenvalue weighted by Crippen LogP contribution is -2.25. The van der Waals surface area contributed by atoms with Gasteiger partial charge < -0.3 is 15.4 Å². The van der Waals surface area contributed by atoms with Crippen molar-refractivity contribution in [3.63, 3.8) is 0 Å². The third-order valence-corrected chi connectivity index (χ3v) is 4.38. The van der Waals surface area contributed by atoms with Crippen molar-refractivity contribution in [1.29, 1.82) is 0 Å². The van der Waals surface area contributed by atoms with Crippen molar-refractivity contribution in [2.24, 2.45) is 0 Å². The summed E-state index contributed by atoms with van der Waals surface area (Å²) < 4.78 is 27.9. The van der Waals surface area contributed by atoms with E-state index >= 15 is 0 Å². The van der Waals surface area contributed by atoms with Gasteiger partial charge in [0.25, 0.3) is 11.8 Å². The Morgan fingerprint density at radius 2 is 1.92 bits per heavy atom. The Kier molecular flexibility index (Phi) is 4.45. The van der Waals surface area contributed by atoms with Gasteiger partial charge in [-0.25, -0.2) is 8.42 Å². The Hall–Kier alpha value is -2.87. The maximum Gasteiger partial charge on any atom is 0.262 e. The van der Waals surface area contributed by atoms with Gasteiger partial charge in [-0.3, -0.25) is 9.59 Å². The standard InChI is InChI=1S/C17H16N2O5S/c1-25(22,23)10-11-2-4-12(5-3-11)17(21)18-13-6-7-14-15(8-13)24-9-16(20)19-14/h2-8H,9-10H2,1H3,(H,18,21)(H,19,20). The van der Waals surface area contributed by atoms with Crippen LogP contribution in [0.1, 0.15) is 15.9 Å². The number of anilines is 2. The normalized spacial score (nSPS) is 13.4. The summed E-state index contributed by atoms with van der Waals surface area (Å²) >= 11 is 0. The molecule has 0 unspecified atom stereocenters. The topological polar surface area (TPSA) is 102 Å². The molecule has 1 heterocycles. The van der Waals surface area contributed by atoms with Crippen molar-refractivity contribution in [1.82, 2.24) is 0 Å². The Morgan fingerprint density at radius 1 is 1.20 bits per heavy atom. The lowest BCUT2D eigenvalue weighted by Gasteiger charge is -2.18. The van der Waals surface area contributed by atoms with E-state index in [0.717, 1.165) is 6.26 Å². The van der Waals surface area contributed by atoms with Crippen LogP contribution in [0.5, 0.6) is 5.75 Å². The van der Waals surface area contributed by atoms with Crippen LogP contribution in [-0.4, -0.2) is 33.1 Å². The van der Waals surface area contributed by atoms with Crippen molar-refractivity contribution in [3.8, 4) is 5.75 Å². The summed E-state index contributed by atoms with van der Waals surface area (Å²) in [5.74, 6) is -0.131. The molecule has 2 N–H and O–H groups in total. The van der Waals surface area contributed by atoms with Gasteiger partial charge in [0.1, 0.15) is 5.75 Å². The van der Waals surface area contributed by atoms with Gasteiger partial charge in [0, 0.05) is 23.6 Å². The number of carbonyl (C=O) groups excluding carboxylic acids is 2. The molecule has 2 aromatic carbocycles. The summed E-state index contributed by atoms with van der Waals surface area (Å²) in [5, 5.41) is 5.41. The number of fused-ring (bicyclic) bond motifs is 1. The Labute approximate surface area is 144 Å². The second kappa shape index (κ2) is 6.56. The molecular formula is C17H16N2O5S. The molecule has 130 valence electrons. The van der Waals surface area contributed by atoms with Gasteiger partial charge in [0.05, 0.1) is 11.4 Å². The second-order valence-electron chi connectivity index (χ2n) is 5.77. The highest BCUT2D eigenvalue weighted by Gasteiger charge is 2.16. The highest BCUT2D eigenvalue weighted by atomic mass is 32.2. The van der Waals surface area contributed by atoms with Crippen LogP contribution in [0.3, 0.4) is 0 Å². The first-order chi connectivity index (χ1) is 11.8. The molecule has 0 saturated carbocycles. The second-order valence-corrected chi connectivity index (χ2v) is 7.91. The molecular weight excluding hydrogens is 344 g/mol. The van der Waals surface area contributed by atoms with Gasteiger partial charge in [-0.2, -0.15) is 0 Å². The number of sulfone groups is 1. The molecule has 0 fully saturated rings. The molecule has 0 saturated heterocycles. The average molecular weight is 360 g/mol. The highest BCUT2D eigenvalue weighted by molar-refractivity contribution is 7.89. The molecule has 0 aliphatic carbocycles. The monoisotopic (exact) mass is 360 g/mol. The lowest BCUT2D eigenvalue weighted by molar-refractivity contribution is -0.118. The largest absolute Gasteiger partial charge is 0.482 e. The summed E-state index contributed by atoms with van der Waals surface area (Å²) in [7, 11) is -3.12. The minimum Gasteiger partial charge on any atom is -0.482 e. The quantitative estimate of drug-likeness (QED) is 0.866. The number of benzene rings is 2. The molecule has 25 heavy (non-hydrogen) atoms. The molecule has 1 aliphatic rings. The zero-order valence-corrected chi connectivity index (χ0v) is 14.2. The van der Waals surface area contributed by atoms with E-state index in [-0.39, 0.29) is 24.2 Å². The van der Waals surface area contributed by atoms with Gasteiger partial charge in [-0.1, -0.05) is 12.1 Å². The van der Waals surface area contributed by atoms with Crippen LogP contribution < -0.4 is 15.4 Å². The number of amides is 2. The molecule has 0 atom stereocenters. The zero-order valence-electron chi connectivity index (χ0n) is 13.4. The summed E-state index contributed by atoms with van der Waals surface area (Å²) in [6.07, 6.45) is 1.16. The maximum atomic E-state index is 12.3. The highest BCUT2D eigenvalue weighted by Crippen LogP contribution is 2.30. The molecule has 2 amide bonds. The molecule has 0 aromatic heterocycles. The van der Waals surface area contributed by atoms with E-state index in [4.69, 9.17) is 4.74 Å². The minimum absolute atomic E-state index is 0.0633. The molecule has 1 aliphatic heterocycles. The van der Waals surface area contributed by atoms with Crippen LogP contribution in [0, 0.1) is 0 Å². The van der Waals surface area contributed by atoms with Crippen LogP contribution in [0.4, 0.5) is 11.4 Å². The lowest BCUT2D eigenvalue weighted by atomic mass is 10.1. The van der Waals surface area contributed by atoms with Crippen molar-refractivity contribution in [3.05, 3.63) is 53.6 Å². The first-order valence-corrected chi connectivity index (χ1v) is 9.51. The van der Waals surface area contributed by atoms with Crippen LogP contribution in [0.25, 0.3) is 0 Å². The summed E-state index contributed by atoms with van der Waals surface area (Å²) in [6.45, 7) is -0.0633. The van der Waals surface area contributed by atoms with Crippen molar-refractivity contribution >= 4 is 33.0 Å². The van der Waals surface area contributed by atoms with Gasteiger partial charge >= 0.3 is 0 Å². The fraction of sp³-hybridized carbons (Fsp3) is 0.176. The summed E-state index contributed by atoms with van der Waals surface area (Å²) in [4.78, 5) is 23.5. The van der Waals surface area contributed by atoms with Gasteiger partial charge in [0.15, 0.2) is 16.4 Å². The fourth-order valence-electron chi connectivity index (χ4n) is 2.41. The predicted octanol–water partition coefficient (Wildman–Crippen LogP) is 1.81. The molecule has 3 rings (SSSR count). The third kappa shape index (κ3) is 4.36. The number of hydrogen-bond donors (Lipinski definition) is 2. The Balaban J connectivity index is 1.71. The van der Waals surface area contributed by atoms with Crippen LogP contribution in [-0.2, 0) is 20.4 Å². The van der Waals surface area contributed by atoms with Crippen molar-refractivity contribution in [2.45, 2.75) is 5.75 Å². The Morgan fingerprint density at radius 3 is 2.60 bits per heavy atom. The fourth-order valence-corrected chi connectivity index (χ4v) is 3.21. The smallest absolute Gasteiger partial charge is 0.262 e. The van der Waals surface area contributed by atoms with E-state index < -0.39 is 9.84 Å². The van der Waals surface area contributed by atoms with Crippen LogP contribution in [0.15, 0.2) is 42.5 Å². The summed E-state index contributed by atoms with van der Waals surface area (Å²) in [5.41, 5.74) is 2.11. The van der Waals surface area contributed by atoms with Crippen LogP contribution in [0.2, 0.25) is 0 Å². The number of nitrogens with one attached hydrogen (secondary N) is 2. The SMILES string of the molecule is CS(=O)(=O)Cc1ccc(C(=O)Nc2ccc3c(c2)OCC(=O)N3)cc1.